The number of piperidine rings is 1. The van der Waals surface area contributed by atoms with Gasteiger partial charge in [0.05, 0.1) is 0 Å². The Morgan fingerprint density at radius 1 is 1.08 bits per heavy atom. The first-order valence-corrected chi connectivity index (χ1v) is 9.51. The predicted molar refractivity (Wildman–Crippen MR) is 103 cm³/mol. The van der Waals surface area contributed by atoms with Crippen molar-refractivity contribution in [1.82, 2.24) is 15.6 Å². The summed E-state index contributed by atoms with van der Waals surface area (Å²) in [5.74, 6) is 1.39. The van der Waals surface area contributed by atoms with Crippen LogP contribution in [0.25, 0.3) is 0 Å². The van der Waals surface area contributed by atoms with Crippen LogP contribution in [0.4, 0.5) is 10.6 Å². The summed E-state index contributed by atoms with van der Waals surface area (Å²) in [5.41, 5.74) is 2.72. The number of rotatable bonds is 3. The van der Waals surface area contributed by atoms with E-state index in [-0.39, 0.29) is 18.1 Å². The zero-order chi connectivity index (χ0) is 17.9. The maximum absolute atomic E-state index is 12.5. The van der Waals surface area contributed by atoms with Crippen molar-refractivity contribution < 1.29 is 4.79 Å². The van der Waals surface area contributed by atoms with Gasteiger partial charge in [-0.1, -0.05) is 37.3 Å². The van der Waals surface area contributed by atoms with Gasteiger partial charge >= 0.3 is 6.03 Å². The lowest BCUT2D eigenvalue weighted by atomic mass is 10.0. The van der Waals surface area contributed by atoms with E-state index >= 15 is 0 Å². The zero-order valence-corrected chi connectivity index (χ0v) is 15.2. The standard InChI is InChI=1S/C21H26N4O/c1-15-18-7-3-2-6-16(18)14-19(15)24-21(26)23-17-9-12-25(13-10-17)20-8-4-5-11-22-20/h2-8,11,15,17,19H,9-10,12-14H2,1H3,(H2,23,24,26)/t15-,19+/m0/s1. The number of benzene rings is 1. The number of amides is 2. The van der Waals surface area contributed by atoms with Crippen LogP contribution >= 0.6 is 0 Å². The molecule has 2 aliphatic rings. The number of urea groups is 1. The summed E-state index contributed by atoms with van der Waals surface area (Å²) in [6.45, 7) is 4.04. The Kier molecular flexibility index (Phi) is 4.78. The van der Waals surface area contributed by atoms with E-state index in [1.165, 1.54) is 11.1 Å². The van der Waals surface area contributed by atoms with Gasteiger partial charge in [-0.15, -0.1) is 0 Å². The highest BCUT2D eigenvalue weighted by Gasteiger charge is 2.30. The van der Waals surface area contributed by atoms with E-state index < -0.39 is 0 Å². The first kappa shape index (κ1) is 16.9. The van der Waals surface area contributed by atoms with Crippen molar-refractivity contribution >= 4 is 11.8 Å². The average Bonchev–Trinajstić information content (AvgIpc) is 2.99. The number of fused-ring (bicyclic) bond motifs is 1. The number of pyridine rings is 1. The van der Waals surface area contributed by atoms with Gasteiger partial charge in [0.1, 0.15) is 5.82 Å². The minimum absolute atomic E-state index is 0.0362. The Morgan fingerprint density at radius 2 is 1.85 bits per heavy atom. The number of nitrogens with one attached hydrogen (secondary N) is 2. The summed E-state index contributed by atoms with van der Waals surface area (Å²) < 4.78 is 0. The van der Waals surface area contributed by atoms with Gasteiger partial charge in [-0.3, -0.25) is 0 Å². The highest BCUT2D eigenvalue weighted by molar-refractivity contribution is 5.75. The van der Waals surface area contributed by atoms with Crippen LogP contribution in [0.1, 0.15) is 36.8 Å². The molecule has 5 nitrogen and oxygen atoms in total. The van der Waals surface area contributed by atoms with Gasteiger partial charge in [-0.25, -0.2) is 9.78 Å². The number of carbonyl (C=O) groups is 1. The minimum atomic E-state index is -0.0362. The lowest BCUT2D eigenvalue weighted by molar-refractivity contribution is 0.229. The third-order valence-corrected chi connectivity index (χ3v) is 5.71. The minimum Gasteiger partial charge on any atom is -0.356 e. The largest absolute Gasteiger partial charge is 0.356 e. The van der Waals surface area contributed by atoms with Crippen LogP contribution in [0.2, 0.25) is 0 Å². The topological polar surface area (TPSA) is 57.3 Å². The Hall–Kier alpha value is -2.56. The smallest absolute Gasteiger partial charge is 0.315 e. The van der Waals surface area contributed by atoms with Gasteiger partial charge in [-0.2, -0.15) is 0 Å². The van der Waals surface area contributed by atoms with Crippen molar-refractivity contribution in [2.24, 2.45) is 0 Å². The molecule has 2 N–H and O–H groups in total. The molecule has 2 amide bonds. The fourth-order valence-electron chi connectivity index (χ4n) is 4.16. The second-order valence-electron chi connectivity index (χ2n) is 7.37. The number of carbonyl (C=O) groups excluding carboxylic acids is 1. The Balaban J connectivity index is 1.26. The molecule has 0 spiro atoms. The monoisotopic (exact) mass is 350 g/mol. The Bertz CT molecular complexity index is 756. The first-order valence-electron chi connectivity index (χ1n) is 9.51. The van der Waals surface area contributed by atoms with Crippen molar-refractivity contribution in [1.29, 1.82) is 0 Å². The van der Waals surface area contributed by atoms with Crippen LogP contribution in [0.15, 0.2) is 48.7 Å². The van der Waals surface area contributed by atoms with Crippen molar-refractivity contribution in [2.45, 2.75) is 44.2 Å². The van der Waals surface area contributed by atoms with Crippen LogP contribution in [-0.2, 0) is 6.42 Å². The molecule has 0 unspecified atom stereocenters. The summed E-state index contributed by atoms with van der Waals surface area (Å²) >= 11 is 0. The molecular weight excluding hydrogens is 324 g/mol. The molecule has 0 saturated carbocycles. The molecular formula is C21H26N4O. The summed E-state index contributed by atoms with van der Waals surface area (Å²) in [5, 5.41) is 6.36. The second kappa shape index (κ2) is 7.36. The van der Waals surface area contributed by atoms with Gasteiger partial charge in [0, 0.05) is 37.3 Å². The third kappa shape index (κ3) is 3.52. The van der Waals surface area contributed by atoms with Crippen LogP contribution in [0.3, 0.4) is 0 Å². The van der Waals surface area contributed by atoms with Crippen molar-refractivity contribution in [2.75, 3.05) is 18.0 Å². The van der Waals surface area contributed by atoms with E-state index in [4.69, 9.17) is 0 Å². The lowest BCUT2D eigenvalue weighted by Gasteiger charge is -2.33. The molecule has 26 heavy (non-hydrogen) atoms. The van der Waals surface area contributed by atoms with E-state index in [9.17, 15) is 4.79 Å². The van der Waals surface area contributed by atoms with E-state index in [0.29, 0.717) is 5.92 Å². The van der Waals surface area contributed by atoms with E-state index in [2.05, 4.69) is 51.7 Å². The number of anilines is 1. The molecule has 2 atom stereocenters. The number of hydrogen-bond acceptors (Lipinski definition) is 3. The normalized spacial score (nSPS) is 22.7. The maximum atomic E-state index is 12.5. The number of hydrogen-bond donors (Lipinski definition) is 2. The molecule has 0 radical (unpaired) electrons. The molecule has 0 bridgehead atoms. The van der Waals surface area contributed by atoms with Crippen molar-refractivity contribution in [3.8, 4) is 0 Å². The summed E-state index contributed by atoms with van der Waals surface area (Å²) in [6.07, 6.45) is 4.64. The molecule has 2 heterocycles. The summed E-state index contributed by atoms with van der Waals surface area (Å²) in [4.78, 5) is 19.2. The Labute approximate surface area is 154 Å². The molecule has 2 aromatic rings. The van der Waals surface area contributed by atoms with Crippen molar-refractivity contribution in [3.05, 3.63) is 59.8 Å². The molecule has 1 aromatic carbocycles. The Morgan fingerprint density at radius 3 is 2.58 bits per heavy atom. The zero-order valence-electron chi connectivity index (χ0n) is 15.2. The predicted octanol–water partition coefficient (Wildman–Crippen LogP) is 3.08. The van der Waals surface area contributed by atoms with Gasteiger partial charge < -0.3 is 15.5 Å². The molecule has 136 valence electrons. The number of nitrogens with zero attached hydrogens (tertiary/aromatic N) is 2. The molecule has 1 aliphatic heterocycles. The molecule has 1 fully saturated rings. The second-order valence-corrected chi connectivity index (χ2v) is 7.37. The SMILES string of the molecule is C[C@H]1c2ccccc2C[C@H]1NC(=O)NC1CCN(c2ccccn2)CC1. The van der Waals surface area contributed by atoms with Gasteiger partial charge in [-0.05, 0) is 42.5 Å². The van der Waals surface area contributed by atoms with Crippen molar-refractivity contribution in [3.63, 3.8) is 0 Å². The van der Waals surface area contributed by atoms with Gasteiger partial charge in [0.2, 0.25) is 0 Å². The van der Waals surface area contributed by atoms with E-state index in [1.54, 1.807) is 0 Å². The molecule has 5 heteroatoms. The molecule has 1 saturated heterocycles. The van der Waals surface area contributed by atoms with Crippen LogP contribution in [0.5, 0.6) is 0 Å². The quantitative estimate of drug-likeness (QED) is 0.894. The summed E-state index contributed by atoms with van der Waals surface area (Å²) in [7, 11) is 0. The van der Waals surface area contributed by atoms with E-state index in [1.807, 2.05) is 24.4 Å². The van der Waals surface area contributed by atoms with Gasteiger partial charge in [0.15, 0.2) is 0 Å². The molecule has 4 rings (SSSR count). The van der Waals surface area contributed by atoms with E-state index in [0.717, 1.165) is 38.2 Å². The lowest BCUT2D eigenvalue weighted by Crippen LogP contribution is -2.50. The third-order valence-electron chi connectivity index (χ3n) is 5.71. The summed E-state index contributed by atoms with van der Waals surface area (Å²) in [6, 6.07) is 14.9. The van der Waals surface area contributed by atoms with Crippen LogP contribution < -0.4 is 15.5 Å². The molecule has 1 aliphatic carbocycles. The van der Waals surface area contributed by atoms with Gasteiger partial charge in [0.25, 0.3) is 0 Å². The fraction of sp³-hybridized carbons (Fsp3) is 0.429. The fourth-order valence-corrected chi connectivity index (χ4v) is 4.16. The number of aromatic nitrogens is 1. The molecule has 1 aromatic heterocycles. The van der Waals surface area contributed by atoms with Crippen LogP contribution in [-0.4, -0.2) is 36.2 Å². The van der Waals surface area contributed by atoms with Crippen LogP contribution in [0, 0.1) is 0 Å². The first-order chi connectivity index (χ1) is 12.7. The highest BCUT2D eigenvalue weighted by atomic mass is 16.2. The maximum Gasteiger partial charge on any atom is 0.315 e. The average molecular weight is 350 g/mol. The highest BCUT2D eigenvalue weighted by Crippen LogP contribution is 2.32.